The minimum absolute atomic E-state index is 0.643. The number of carboxylic acids is 1. The van der Waals surface area contributed by atoms with Crippen molar-refractivity contribution in [3.8, 4) is 0 Å². The van der Waals surface area contributed by atoms with E-state index in [4.69, 9.17) is 5.11 Å². The van der Waals surface area contributed by atoms with E-state index in [-0.39, 0.29) is 0 Å². The zero-order chi connectivity index (χ0) is 15.6. The highest BCUT2D eigenvalue weighted by molar-refractivity contribution is 8.00. The number of alkyl halides is 3. The van der Waals surface area contributed by atoms with Crippen molar-refractivity contribution in [3.05, 3.63) is 21.9 Å². The van der Waals surface area contributed by atoms with Gasteiger partial charge in [0.15, 0.2) is 0 Å². The molecule has 2 heterocycles. The first-order chi connectivity index (χ1) is 9.78. The average Bonchev–Trinajstić information content (AvgIpc) is 2.83. The maximum Gasteiger partial charge on any atom is 0.391 e. The first kappa shape index (κ1) is 16.2. The average molecular weight is 339 g/mol. The van der Waals surface area contributed by atoms with E-state index in [0.717, 1.165) is 16.9 Å². The fourth-order valence-electron chi connectivity index (χ4n) is 2.04. The molecular formula is C12H12F3NO3S2. The van der Waals surface area contributed by atoms with Crippen molar-refractivity contribution in [2.75, 3.05) is 5.75 Å². The van der Waals surface area contributed by atoms with Gasteiger partial charge in [-0.25, -0.2) is 4.79 Å². The van der Waals surface area contributed by atoms with E-state index in [1.165, 1.54) is 23.1 Å². The Morgan fingerprint density at radius 2 is 2.19 bits per heavy atom. The largest absolute Gasteiger partial charge is 0.480 e. The van der Waals surface area contributed by atoms with E-state index in [0.29, 0.717) is 5.75 Å². The molecule has 0 fully saturated rings. The summed E-state index contributed by atoms with van der Waals surface area (Å²) in [6.45, 7) is 0. The summed E-state index contributed by atoms with van der Waals surface area (Å²) in [5, 5.41) is 12.0. The van der Waals surface area contributed by atoms with Crippen LogP contribution in [0, 0.1) is 0 Å². The molecule has 0 spiro atoms. The topological polar surface area (TPSA) is 66.4 Å². The van der Waals surface area contributed by atoms with Crippen LogP contribution in [-0.4, -0.2) is 35.0 Å². The number of aliphatic carboxylic acids is 1. The molecule has 0 saturated heterocycles. The molecule has 9 heteroatoms. The molecule has 1 aliphatic heterocycles. The van der Waals surface area contributed by atoms with Crippen LogP contribution in [-0.2, 0) is 16.0 Å². The van der Waals surface area contributed by atoms with Crippen LogP contribution in [0.5, 0.6) is 0 Å². The first-order valence-electron chi connectivity index (χ1n) is 6.06. The van der Waals surface area contributed by atoms with E-state index in [1.807, 2.05) is 10.7 Å². The minimum atomic E-state index is -4.65. The highest BCUT2D eigenvalue weighted by atomic mass is 32.2. The smallest absolute Gasteiger partial charge is 0.391 e. The predicted octanol–water partition coefficient (Wildman–Crippen LogP) is 2.60. The molecule has 0 saturated carbocycles. The number of amides is 1. The third-order valence-electron chi connectivity index (χ3n) is 2.96. The number of hydrogen-bond acceptors (Lipinski definition) is 4. The van der Waals surface area contributed by atoms with Crippen molar-refractivity contribution in [1.82, 2.24) is 5.32 Å². The van der Waals surface area contributed by atoms with Gasteiger partial charge in [-0.15, -0.1) is 23.1 Å². The van der Waals surface area contributed by atoms with Crippen LogP contribution in [0.25, 0.3) is 0 Å². The highest BCUT2D eigenvalue weighted by Crippen LogP contribution is 2.39. The molecule has 116 valence electrons. The van der Waals surface area contributed by atoms with Crippen LogP contribution in [0.1, 0.15) is 22.1 Å². The van der Waals surface area contributed by atoms with Gasteiger partial charge in [-0.2, -0.15) is 13.2 Å². The molecule has 0 bridgehead atoms. The van der Waals surface area contributed by atoms with Gasteiger partial charge in [0, 0.05) is 4.88 Å². The van der Waals surface area contributed by atoms with E-state index in [2.05, 4.69) is 0 Å². The Morgan fingerprint density at radius 1 is 1.48 bits per heavy atom. The minimum Gasteiger partial charge on any atom is -0.480 e. The lowest BCUT2D eigenvalue weighted by Gasteiger charge is -2.24. The number of rotatable bonds is 4. The zero-order valence-electron chi connectivity index (χ0n) is 10.6. The van der Waals surface area contributed by atoms with Crippen molar-refractivity contribution < 1.29 is 27.9 Å². The number of halogens is 3. The third kappa shape index (κ3) is 4.13. The lowest BCUT2D eigenvalue weighted by molar-refractivity contribution is -0.159. The van der Waals surface area contributed by atoms with Crippen LogP contribution in [0.15, 0.2) is 11.4 Å². The number of fused-ring (bicyclic) bond motifs is 1. The molecule has 4 nitrogen and oxygen atoms in total. The highest BCUT2D eigenvalue weighted by Gasteiger charge is 2.38. The van der Waals surface area contributed by atoms with Gasteiger partial charge in [0.05, 0.1) is 6.42 Å². The summed E-state index contributed by atoms with van der Waals surface area (Å²) < 4.78 is 37.0. The number of thiophene rings is 1. The number of thioether (sulfide) groups is 1. The van der Waals surface area contributed by atoms with E-state index >= 15 is 0 Å². The second-order valence-electron chi connectivity index (χ2n) is 4.52. The van der Waals surface area contributed by atoms with Crippen LogP contribution in [0.4, 0.5) is 13.2 Å². The number of carbonyl (C=O) groups is 2. The van der Waals surface area contributed by atoms with E-state index < -0.39 is 35.8 Å². The second-order valence-corrected chi connectivity index (χ2v) is 6.73. The molecule has 1 amide bonds. The summed E-state index contributed by atoms with van der Waals surface area (Å²) in [6.07, 6.45) is -5.42. The molecular weight excluding hydrogens is 327 g/mol. The molecule has 0 aromatic carbocycles. The van der Waals surface area contributed by atoms with E-state index in [9.17, 15) is 22.8 Å². The van der Waals surface area contributed by atoms with Gasteiger partial charge in [-0.3, -0.25) is 4.79 Å². The van der Waals surface area contributed by atoms with Crippen molar-refractivity contribution in [2.45, 2.75) is 30.3 Å². The van der Waals surface area contributed by atoms with Crippen LogP contribution in [0.2, 0.25) is 0 Å². The van der Waals surface area contributed by atoms with Crippen molar-refractivity contribution >= 4 is 35.0 Å². The van der Waals surface area contributed by atoms with E-state index in [1.54, 1.807) is 6.07 Å². The molecule has 1 aliphatic rings. The summed E-state index contributed by atoms with van der Waals surface area (Å²) in [5.41, 5.74) is 0.768. The Morgan fingerprint density at radius 3 is 2.81 bits per heavy atom. The van der Waals surface area contributed by atoms with Gasteiger partial charge in [0.25, 0.3) is 0 Å². The summed E-state index contributed by atoms with van der Waals surface area (Å²) in [4.78, 5) is 24.0. The molecule has 1 aromatic heterocycles. The Labute approximate surface area is 126 Å². The second kappa shape index (κ2) is 6.27. The predicted molar refractivity (Wildman–Crippen MR) is 73.5 cm³/mol. The van der Waals surface area contributed by atoms with Gasteiger partial charge in [-0.05, 0) is 29.2 Å². The van der Waals surface area contributed by atoms with Gasteiger partial charge < -0.3 is 10.4 Å². The maximum atomic E-state index is 12.3. The molecule has 0 radical (unpaired) electrons. The lowest BCUT2D eigenvalue weighted by Crippen LogP contribution is -2.45. The summed E-state index contributed by atoms with van der Waals surface area (Å²) >= 11 is 2.80. The maximum absolute atomic E-state index is 12.3. The summed E-state index contributed by atoms with van der Waals surface area (Å²) in [6, 6.07) is -0.197. The first-order valence-corrected chi connectivity index (χ1v) is 7.98. The normalized spacial score (nSPS) is 19.7. The molecule has 2 N–H and O–H groups in total. The molecule has 2 rings (SSSR count). The Balaban J connectivity index is 2.09. The standard InChI is InChI=1S/C12H12F3NO3S2/c13-12(14,15)5-7(11(18)19)16-10(17)9-6-1-3-20-8(6)2-4-21-9/h1,3,7,9H,2,4-5H2,(H,16,17)(H,18,19). The Bertz CT molecular complexity index is 544. The van der Waals surface area contributed by atoms with Gasteiger partial charge in [0.1, 0.15) is 11.3 Å². The number of hydrogen-bond donors (Lipinski definition) is 2. The zero-order valence-corrected chi connectivity index (χ0v) is 12.3. The fraction of sp³-hybridized carbons (Fsp3) is 0.500. The van der Waals surface area contributed by atoms with Gasteiger partial charge in [-0.1, -0.05) is 0 Å². The van der Waals surface area contributed by atoms with Crippen LogP contribution < -0.4 is 5.32 Å². The molecule has 2 unspecified atom stereocenters. The lowest BCUT2D eigenvalue weighted by atomic mass is 10.1. The Hall–Kier alpha value is -1.22. The molecule has 0 aliphatic carbocycles. The van der Waals surface area contributed by atoms with Crippen LogP contribution >= 0.6 is 23.1 Å². The number of nitrogens with one attached hydrogen (secondary N) is 1. The Kier molecular flexibility index (Phi) is 4.82. The third-order valence-corrected chi connectivity index (χ3v) is 5.20. The summed E-state index contributed by atoms with van der Waals surface area (Å²) in [7, 11) is 0. The number of aryl methyl sites for hydroxylation is 1. The quantitative estimate of drug-likeness (QED) is 0.885. The molecule has 21 heavy (non-hydrogen) atoms. The van der Waals surface area contributed by atoms with Crippen molar-refractivity contribution in [2.24, 2.45) is 0 Å². The number of carboxylic acid groups (broad SMARTS) is 1. The van der Waals surface area contributed by atoms with Crippen molar-refractivity contribution in [1.29, 1.82) is 0 Å². The summed E-state index contributed by atoms with van der Waals surface area (Å²) in [5.74, 6) is -1.69. The molecule has 1 aromatic rings. The van der Waals surface area contributed by atoms with Gasteiger partial charge >= 0.3 is 12.1 Å². The van der Waals surface area contributed by atoms with Gasteiger partial charge in [0.2, 0.25) is 5.91 Å². The molecule has 2 atom stereocenters. The SMILES string of the molecule is O=C(O)C(CC(F)(F)F)NC(=O)C1SCCc2sccc21. The van der Waals surface area contributed by atoms with Crippen LogP contribution in [0.3, 0.4) is 0 Å². The fourth-order valence-corrected chi connectivity index (χ4v) is 4.34. The number of carbonyl (C=O) groups excluding carboxylic acids is 1. The monoisotopic (exact) mass is 339 g/mol. The van der Waals surface area contributed by atoms with Crippen molar-refractivity contribution in [3.63, 3.8) is 0 Å².